The second-order valence-electron chi connectivity index (χ2n) is 8.15. The molecule has 207 valence electrons. The maximum absolute atomic E-state index is 13.0. The number of benzene rings is 2. The van der Waals surface area contributed by atoms with Gasteiger partial charge in [0.05, 0.1) is 6.61 Å². The molecule has 2 aromatic carbocycles. The third kappa shape index (κ3) is 14.1. The van der Waals surface area contributed by atoms with Gasteiger partial charge in [0.15, 0.2) is 0 Å². The van der Waals surface area contributed by atoms with E-state index in [-0.39, 0.29) is 34.9 Å². The number of fused-ring (bicyclic) bond motifs is 2. The molecule has 0 aromatic heterocycles. The zero-order valence-electron chi connectivity index (χ0n) is 19.7. The molecule has 0 radical (unpaired) electrons. The first-order valence-corrected chi connectivity index (χ1v) is 33.8. The molecule has 3 heterocycles. The number of hydrogen-bond acceptors (Lipinski definition) is 5. The van der Waals surface area contributed by atoms with Gasteiger partial charge in [-0.2, -0.15) is 0 Å². The Bertz CT molecular complexity index is 963. The predicted molar refractivity (Wildman–Crippen MR) is 178 cm³/mol. The third-order valence-electron chi connectivity index (χ3n) is 5.61. The fraction of sp³-hybridized carbons (Fsp3) is 0.478. The summed E-state index contributed by atoms with van der Waals surface area (Å²) in [5.74, 6) is 1.08. The molecule has 0 aliphatic carbocycles. The van der Waals surface area contributed by atoms with E-state index in [2.05, 4.69) is 105 Å². The zero-order valence-corrected chi connectivity index (χ0v) is 33.3. The number of nitrogens with one attached hydrogen (secondary N) is 1. The number of likely N-dealkylation sites (N-methyl/N-ethyl adjacent to an activating group) is 1. The molecule has 14 heteroatoms. The second kappa shape index (κ2) is 19.7. The van der Waals surface area contributed by atoms with Crippen LogP contribution in [0.5, 0.6) is 11.5 Å². The number of rotatable bonds is 4. The Balaban J connectivity index is 0.000000210. The van der Waals surface area contributed by atoms with Gasteiger partial charge in [-0.3, -0.25) is 0 Å². The summed E-state index contributed by atoms with van der Waals surface area (Å²) in [5.41, 5.74) is 1.86. The number of hydrogen-bond donors (Lipinski definition) is 2. The van der Waals surface area contributed by atoms with E-state index in [9.17, 15) is 13.9 Å². The van der Waals surface area contributed by atoms with Crippen molar-refractivity contribution in [3.05, 3.63) is 59.2 Å². The van der Waals surface area contributed by atoms with Crippen LogP contribution in [0.25, 0.3) is 0 Å². The summed E-state index contributed by atoms with van der Waals surface area (Å²) >= 11 is 12.1. The molecular weight excluding hydrogens is 1130 g/mol. The molecule has 3 aliphatic heterocycles. The van der Waals surface area contributed by atoms with Crippen LogP contribution in [0, 0.1) is 11.6 Å². The van der Waals surface area contributed by atoms with Crippen molar-refractivity contribution in [3.8, 4) is 11.5 Å². The van der Waals surface area contributed by atoms with E-state index in [1.54, 1.807) is 25.2 Å². The maximum atomic E-state index is 13.0. The molecule has 5 nitrogen and oxygen atoms in total. The fourth-order valence-corrected chi connectivity index (χ4v) is 3.90. The molecule has 4 atom stereocenters. The molecule has 1 unspecified atom stereocenters. The van der Waals surface area contributed by atoms with Crippen LogP contribution in [0.2, 0.25) is 0 Å². The molecule has 0 bridgehead atoms. The van der Waals surface area contributed by atoms with Gasteiger partial charge in [-0.05, 0) is 80.3 Å². The van der Waals surface area contributed by atoms with Crippen molar-refractivity contribution in [3.63, 3.8) is 0 Å². The first-order valence-electron chi connectivity index (χ1n) is 11.2. The van der Waals surface area contributed by atoms with Crippen molar-refractivity contribution in [2.45, 2.75) is 50.1 Å². The minimum atomic E-state index is -0.525. The SMILES string of the molecule is CNC[C@H](O)[C@H]1CCc2cc(F)ccc2O1.Fc1ccc2c(c1)CC[C@H](C1CO1)O2.[I][V]([I])[I].[I][V][I]. The molecule has 2 N–H and O–H groups in total. The van der Waals surface area contributed by atoms with Gasteiger partial charge in [-0.25, -0.2) is 8.78 Å². The van der Waals surface area contributed by atoms with Crippen LogP contribution in [0.4, 0.5) is 8.78 Å². The summed E-state index contributed by atoms with van der Waals surface area (Å²) in [6, 6.07) is 9.21. The van der Waals surface area contributed by atoms with Gasteiger partial charge in [0.2, 0.25) is 0 Å². The number of aliphatic hydroxyl groups is 1. The van der Waals surface area contributed by atoms with Gasteiger partial charge in [-0.1, -0.05) is 0 Å². The average molecular weight is 1160 g/mol. The Morgan fingerprint density at radius 3 is 1.95 bits per heavy atom. The Hall–Kier alpha value is 2.60. The van der Waals surface area contributed by atoms with Gasteiger partial charge in [0.1, 0.15) is 47.5 Å². The number of epoxide rings is 1. The molecule has 0 saturated carbocycles. The van der Waals surface area contributed by atoms with E-state index in [1.165, 1.54) is 18.2 Å². The van der Waals surface area contributed by atoms with E-state index in [0.717, 1.165) is 49.2 Å². The van der Waals surface area contributed by atoms with E-state index in [1.807, 2.05) is 0 Å². The quantitative estimate of drug-likeness (QED) is 0.247. The van der Waals surface area contributed by atoms with Crippen molar-refractivity contribution >= 4 is 99.9 Å². The van der Waals surface area contributed by atoms with Gasteiger partial charge in [0, 0.05) is 6.54 Å². The van der Waals surface area contributed by atoms with Gasteiger partial charge in [0.25, 0.3) is 0 Å². The van der Waals surface area contributed by atoms with Crippen molar-refractivity contribution in [2.24, 2.45) is 0 Å². The van der Waals surface area contributed by atoms with Crippen molar-refractivity contribution in [1.29, 1.82) is 0 Å². The number of ether oxygens (including phenoxy) is 3. The molecule has 37 heavy (non-hydrogen) atoms. The van der Waals surface area contributed by atoms with Crippen LogP contribution in [0.15, 0.2) is 36.4 Å². The van der Waals surface area contributed by atoms with Crippen molar-refractivity contribution in [1.82, 2.24) is 5.32 Å². The van der Waals surface area contributed by atoms with Crippen LogP contribution >= 0.6 is 99.9 Å². The first-order chi connectivity index (χ1) is 17.7. The predicted octanol–water partition coefficient (Wildman–Crippen LogP) is 7.44. The topological polar surface area (TPSA) is 63.2 Å². The molecule has 2 aromatic rings. The Kier molecular flexibility index (Phi) is 19.1. The third-order valence-corrected chi connectivity index (χ3v) is 5.61. The number of halogens is 7. The van der Waals surface area contributed by atoms with E-state index < -0.39 is 6.10 Å². The number of aliphatic hydroxyl groups excluding tert-OH is 1. The van der Waals surface area contributed by atoms with Crippen LogP contribution in [-0.2, 0) is 32.0 Å². The molecule has 5 rings (SSSR count). The van der Waals surface area contributed by atoms with E-state index in [4.69, 9.17) is 14.2 Å². The fourth-order valence-electron chi connectivity index (χ4n) is 3.90. The molecule has 1 fully saturated rings. The van der Waals surface area contributed by atoms with Crippen molar-refractivity contribution in [2.75, 3.05) is 20.2 Å². The van der Waals surface area contributed by atoms with Crippen LogP contribution < -0.4 is 14.8 Å². The monoisotopic (exact) mass is 1160 g/mol. The van der Waals surface area contributed by atoms with Gasteiger partial charge in [-0.15, -0.1) is 0 Å². The summed E-state index contributed by atoms with van der Waals surface area (Å²) in [4.78, 5) is -0.278. The molecule has 0 amide bonds. The molecule has 3 aliphatic rings. The van der Waals surface area contributed by atoms with E-state index >= 15 is 0 Å². The Labute approximate surface area is 284 Å². The summed E-state index contributed by atoms with van der Waals surface area (Å²) < 4.78 is 42.4. The summed E-state index contributed by atoms with van der Waals surface area (Å²) in [7, 11) is 2.41. The van der Waals surface area contributed by atoms with Crippen LogP contribution in [0.3, 0.4) is 0 Å². The van der Waals surface area contributed by atoms with Gasteiger partial charge >= 0.3 is 114 Å². The van der Waals surface area contributed by atoms with Crippen molar-refractivity contribution < 1.29 is 42.5 Å². The molecule has 0 spiro atoms. The van der Waals surface area contributed by atoms with E-state index in [0.29, 0.717) is 21.8 Å². The zero-order chi connectivity index (χ0) is 27.4. The minimum absolute atomic E-state index is 0.174. The molecular formula is C23H27F2I5NO4V2. The molecule has 1 saturated heterocycles. The average Bonchev–Trinajstić information content (AvgIpc) is 3.70. The van der Waals surface area contributed by atoms with Crippen LogP contribution in [0.1, 0.15) is 24.0 Å². The van der Waals surface area contributed by atoms with Crippen LogP contribution in [-0.4, -0.2) is 49.7 Å². The Morgan fingerprint density at radius 1 is 0.973 bits per heavy atom. The second-order valence-corrected chi connectivity index (χ2v) is 55.3. The summed E-state index contributed by atoms with van der Waals surface area (Å²) in [6.45, 7) is 1.31. The summed E-state index contributed by atoms with van der Waals surface area (Å²) in [5, 5.41) is 12.7. The van der Waals surface area contributed by atoms with Gasteiger partial charge < -0.3 is 24.6 Å². The Morgan fingerprint density at radius 2 is 1.46 bits per heavy atom. The standard InChI is InChI=1S/C12H16FNO2.C11H11FO2.5HI.2V/c1-14-7-10(15)12-4-2-8-6-9(13)3-5-11(8)16-12;12-8-2-4-9-7(5-8)1-3-10(14-9)11-6-13-11;;;;;;;/h3,5-6,10,12,14-15H,2,4,7H2,1H3;2,4-5,10-11H,1,3,6H2;5*1H;;/q;;;;;;;+2;+3/p-5/t10-,12+;10-,11?;;;;;;;/m01......./s1. The number of aryl methyl sites for hydroxylation is 2. The first kappa shape index (κ1) is 35.8. The normalized spacial score (nSPS) is 21.5. The summed E-state index contributed by atoms with van der Waals surface area (Å²) in [6.07, 6.45) is 3.01.